The van der Waals surface area contributed by atoms with E-state index in [2.05, 4.69) is 108 Å². The molecule has 2 nitrogen and oxygen atoms in total. The zero-order valence-corrected chi connectivity index (χ0v) is 17.6. The second-order valence-corrected chi connectivity index (χ2v) is 8.47. The van der Waals surface area contributed by atoms with Crippen molar-refractivity contribution in [3.8, 4) is 16.8 Å². The van der Waals surface area contributed by atoms with Crippen LogP contribution in [0.2, 0.25) is 0 Å². The first-order valence-electron chi connectivity index (χ1n) is 11.2. The molecule has 0 fully saturated rings. The van der Waals surface area contributed by atoms with Crippen LogP contribution in [-0.2, 0) is 0 Å². The van der Waals surface area contributed by atoms with E-state index >= 15 is 0 Å². The maximum atomic E-state index is 6.36. The van der Waals surface area contributed by atoms with Gasteiger partial charge in [0.15, 0.2) is 0 Å². The summed E-state index contributed by atoms with van der Waals surface area (Å²) in [4.78, 5) is 0. The molecule has 1 aliphatic carbocycles. The normalized spacial score (nSPS) is 13.2. The van der Waals surface area contributed by atoms with Crippen LogP contribution in [0.25, 0.3) is 61.7 Å². The van der Waals surface area contributed by atoms with Crippen molar-refractivity contribution in [3.05, 3.63) is 102 Å². The van der Waals surface area contributed by atoms with Crippen LogP contribution < -0.4 is 10.6 Å². The Morgan fingerprint density at radius 3 is 2.34 bits per heavy atom. The minimum absolute atomic E-state index is 0.984. The summed E-state index contributed by atoms with van der Waals surface area (Å²) in [5, 5.41) is 4.98. The van der Waals surface area contributed by atoms with E-state index in [9.17, 15) is 0 Å². The summed E-state index contributed by atoms with van der Waals surface area (Å²) in [6, 6.07) is 32.5. The number of hydrogen-bond donors (Lipinski definition) is 0. The van der Waals surface area contributed by atoms with Crippen molar-refractivity contribution in [1.82, 2.24) is 4.57 Å². The zero-order chi connectivity index (χ0) is 21.1. The SMILES string of the molecule is C1=c2oc3c(-c4ccc5c(c4)c4ccccc4n5-c4ccccc4)cccc3c2=CCC1. The molecule has 1 aliphatic rings. The number of para-hydroxylation sites is 3. The van der Waals surface area contributed by atoms with Gasteiger partial charge in [0.25, 0.3) is 0 Å². The van der Waals surface area contributed by atoms with E-state index in [1.165, 1.54) is 43.7 Å². The van der Waals surface area contributed by atoms with Gasteiger partial charge in [0.2, 0.25) is 0 Å². The van der Waals surface area contributed by atoms with Gasteiger partial charge in [-0.3, -0.25) is 0 Å². The molecule has 0 N–H and O–H groups in total. The van der Waals surface area contributed by atoms with E-state index in [1.807, 2.05) is 0 Å². The van der Waals surface area contributed by atoms with Crippen molar-refractivity contribution < 1.29 is 4.42 Å². The number of aromatic nitrogens is 1. The molecule has 0 unspecified atom stereocenters. The lowest BCUT2D eigenvalue weighted by atomic mass is 10.0. The molecule has 152 valence electrons. The van der Waals surface area contributed by atoms with Crippen LogP contribution >= 0.6 is 0 Å². The minimum Gasteiger partial charge on any atom is -0.456 e. The Balaban J connectivity index is 1.54. The standard InChI is InChI=1S/C30H21NO/c1-2-9-21(10-3-1)31-27-15-6-4-11-23(27)26-19-20(17-18-28(26)31)22-13-8-14-25-24-12-5-7-16-29(24)32-30(22)25/h1-4,6,8-19H,5,7H2. The van der Waals surface area contributed by atoms with Crippen LogP contribution in [0.15, 0.2) is 95.4 Å². The minimum atomic E-state index is 0.984. The van der Waals surface area contributed by atoms with Gasteiger partial charge in [-0.2, -0.15) is 0 Å². The summed E-state index contributed by atoms with van der Waals surface area (Å²) < 4.78 is 8.71. The van der Waals surface area contributed by atoms with Gasteiger partial charge in [-0.25, -0.2) is 0 Å². The molecule has 0 radical (unpaired) electrons. The Morgan fingerprint density at radius 1 is 0.625 bits per heavy atom. The monoisotopic (exact) mass is 411 g/mol. The van der Waals surface area contributed by atoms with Crippen molar-refractivity contribution in [3.63, 3.8) is 0 Å². The maximum absolute atomic E-state index is 6.36. The number of furan rings is 1. The van der Waals surface area contributed by atoms with E-state index in [-0.39, 0.29) is 0 Å². The lowest BCUT2D eigenvalue weighted by molar-refractivity contribution is 0.572. The molecule has 0 atom stereocenters. The number of benzene rings is 4. The topological polar surface area (TPSA) is 18.1 Å². The predicted molar refractivity (Wildman–Crippen MR) is 133 cm³/mol. The molecule has 2 aromatic heterocycles. The molecule has 32 heavy (non-hydrogen) atoms. The van der Waals surface area contributed by atoms with Crippen molar-refractivity contribution in [2.45, 2.75) is 12.8 Å². The molecule has 7 rings (SSSR count). The highest BCUT2D eigenvalue weighted by atomic mass is 16.3. The van der Waals surface area contributed by atoms with E-state index in [0.717, 1.165) is 29.4 Å². The summed E-state index contributed by atoms with van der Waals surface area (Å²) in [6.45, 7) is 0. The van der Waals surface area contributed by atoms with Gasteiger partial charge in [-0.15, -0.1) is 0 Å². The Bertz CT molecular complexity index is 1770. The molecule has 0 saturated heterocycles. The second-order valence-electron chi connectivity index (χ2n) is 8.47. The molecule has 6 aromatic rings. The highest BCUT2D eigenvalue weighted by Gasteiger charge is 2.15. The van der Waals surface area contributed by atoms with Gasteiger partial charge in [-0.05, 0) is 54.8 Å². The smallest absolute Gasteiger partial charge is 0.143 e. The summed E-state index contributed by atoms with van der Waals surface area (Å²) in [5.74, 6) is 0. The van der Waals surface area contributed by atoms with E-state index < -0.39 is 0 Å². The first kappa shape index (κ1) is 17.6. The van der Waals surface area contributed by atoms with Crippen molar-refractivity contribution in [2.24, 2.45) is 0 Å². The predicted octanol–water partition coefficient (Wildman–Crippen LogP) is 6.55. The molecule has 0 aliphatic heterocycles. The summed E-state index contributed by atoms with van der Waals surface area (Å²) in [5.41, 5.74) is 7.95. The van der Waals surface area contributed by atoms with E-state index in [0.29, 0.717) is 0 Å². The molecule has 2 heteroatoms. The third-order valence-corrected chi connectivity index (χ3v) is 6.63. The molecule has 0 saturated carbocycles. The number of hydrogen-bond acceptors (Lipinski definition) is 1. The van der Waals surface area contributed by atoms with Crippen molar-refractivity contribution >= 4 is 44.9 Å². The van der Waals surface area contributed by atoms with Gasteiger partial charge in [-0.1, -0.05) is 66.7 Å². The van der Waals surface area contributed by atoms with Gasteiger partial charge in [0, 0.05) is 32.6 Å². The average Bonchev–Trinajstić information content (AvgIpc) is 3.40. The Labute approximate surface area is 185 Å². The summed E-state index contributed by atoms with van der Waals surface area (Å²) >= 11 is 0. The molecule has 2 heterocycles. The van der Waals surface area contributed by atoms with Gasteiger partial charge in [0.1, 0.15) is 11.0 Å². The molecule has 4 aromatic carbocycles. The van der Waals surface area contributed by atoms with E-state index in [4.69, 9.17) is 4.42 Å². The molecular formula is C30H21NO. The van der Waals surface area contributed by atoms with Crippen molar-refractivity contribution in [1.29, 1.82) is 0 Å². The third kappa shape index (κ3) is 2.47. The van der Waals surface area contributed by atoms with Gasteiger partial charge >= 0.3 is 0 Å². The van der Waals surface area contributed by atoms with Crippen LogP contribution in [0.5, 0.6) is 0 Å². The Morgan fingerprint density at radius 2 is 1.41 bits per heavy atom. The quantitative estimate of drug-likeness (QED) is 0.316. The summed E-state index contributed by atoms with van der Waals surface area (Å²) in [7, 11) is 0. The fourth-order valence-electron chi connectivity index (χ4n) is 5.18. The fraction of sp³-hybridized carbons (Fsp3) is 0.0667. The molecular weight excluding hydrogens is 390 g/mol. The maximum Gasteiger partial charge on any atom is 0.143 e. The molecule has 0 amide bonds. The molecule has 0 spiro atoms. The average molecular weight is 412 g/mol. The Hall–Kier alpha value is -4.04. The first-order chi connectivity index (χ1) is 15.9. The van der Waals surface area contributed by atoms with Crippen LogP contribution in [-0.4, -0.2) is 4.57 Å². The van der Waals surface area contributed by atoms with Crippen LogP contribution in [0.3, 0.4) is 0 Å². The number of nitrogens with zero attached hydrogens (tertiary/aromatic N) is 1. The second kappa shape index (κ2) is 6.73. The van der Waals surface area contributed by atoms with Crippen LogP contribution in [0.4, 0.5) is 0 Å². The first-order valence-corrected chi connectivity index (χ1v) is 11.2. The van der Waals surface area contributed by atoms with Crippen LogP contribution in [0, 0.1) is 0 Å². The largest absolute Gasteiger partial charge is 0.456 e. The van der Waals surface area contributed by atoms with Gasteiger partial charge < -0.3 is 8.98 Å². The van der Waals surface area contributed by atoms with Crippen molar-refractivity contribution in [2.75, 3.05) is 0 Å². The van der Waals surface area contributed by atoms with E-state index in [1.54, 1.807) is 0 Å². The van der Waals surface area contributed by atoms with Crippen LogP contribution in [0.1, 0.15) is 12.8 Å². The van der Waals surface area contributed by atoms with Gasteiger partial charge in [0.05, 0.1) is 11.0 Å². The zero-order valence-electron chi connectivity index (χ0n) is 17.6. The highest BCUT2D eigenvalue weighted by Crippen LogP contribution is 2.36. The molecule has 0 bridgehead atoms. The lowest BCUT2D eigenvalue weighted by Crippen LogP contribution is -2.21. The summed E-state index contributed by atoms with van der Waals surface area (Å²) in [6.07, 6.45) is 6.65. The third-order valence-electron chi connectivity index (χ3n) is 6.63. The highest BCUT2D eigenvalue weighted by molar-refractivity contribution is 6.11. The Kier molecular flexibility index (Phi) is 3.71. The number of fused-ring (bicyclic) bond motifs is 6. The lowest BCUT2D eigenvalue weighted by Gasteiger charge is -2.08. The number of rotatable bonds is 2. The fourth-order valence-corrected chi connectivity index (χ4v) is 5.18.